The Labute approximate surface area is 360 Å². The Morgan fingerprint density at radius 1 is 0.254 bits per heavy atom. The fourth-order valence-corrected chi connectivity index (χ4v) is 10.3. The summed E-state index contributed by atoms with van der Waals surface area (Å²) >= 11 is 0. The molecule has 0 aliphatic carbocycles. The van der Waals surface area contributed by atoms with Gasteiger partial charge in [0.2, 0.25) is 0 Å². The molecule has 0 aliphatic rings. The summed E-state index contributed by atoms with van der Waals surface area (Å²) in [6, 6.07) is 73.9. The van der Waals surface area contributed by atoms with Crippen LogP contribution in [0.1, 0.15) is 0 Å². The van der Waals surface area contributed by atoms with Gasteiger partial charge in [-0.05, 0) is 42.5 Å². The second kappa shape index (κ2) is 12.9. The fraction of sp³-hybridized carbons (Fsp3) is 0. The van der Waals surface area contributed by atoms with Gasteiger partial charge < -0.3 is 13.4 Å². The monoisotopic (exact) mass is 802 g/mol. The summed E-state index contributed by atoms with van der Waals surface area (Å²) in [5.41, 5.74) is 13.1. The molecule has 5 heterocycles. The fourth-order valence-electron chi connectivity index (χ4n) is 10.3. The molecule has 0 fully saturated rings. The van der Waals surface area contributed by atoms with Crippen LogP contribution in [0.3, 0.4) is 0 Å². The molecule has 63 heavy (non-hydrogen) atoms. The van der Waals surface area contributed by atoms with Crippen molar-refractivity contribution in [3.8, 4) is 39.9 Å². The minimum absolute atomic E-state index is 0.621. The van der Waals surface area contributed by atoms with Gasteiger partial charge in [0.25, 0.3) is 0 Å². The maximum absolute atomic E-state index is 5.11. The molecule has 0 unspecified atom stereocenters. The van der Waals surface area contributed by atoms with Crippen LogP contribution in [0.15, 0.2) is 206 Å². The Kier molecular flexibility index (Phi) is 7.02. The highest BCUT2D eigenvalue weighted by atomic mass is 15.0. The Hall–Kier alpha value is -8.61. The van der Waals surface area contributed by atoms with Crippen molar-refractivity contribution in [1.29, 1.82) is 0 Å². The lowest BCUT2D eigenvalue weighted by molar-refractivity contribution is 1.07. The van der Waals surface area contributed by atoms with Crippen LogP contribution in [0.4, 0.5) is 0 Å². The Balaban J connectivity index is 1.12. The third kappa shape index (κ3) is 4.86. The van der Waals surface area contributed by atoms with Gasteiger partial charge in [-0.2, -0.15) is 0 Å². The van der Waals surface area contributed by atoms with Gasteiger partial charge in [0.15, 0.2) is 17.5 Å². The summed E-state index contributed by atoms with van der Waals surface area (Å²) in [4.78, 5) is 15.2. The number of para-hydroxylation sites is 5. The average molecular weight is 803 g/mol. The smallest absolute Gasteiger partial charge is 0.164 e. The normalized spacial score (nSPS) is 12.1. The summed E-state index contributed by atoms with van der Waals surface area (Å²) in [5.74, 6) is 1.90. The van der Waals surface area contributed by atoms with E-state index in [1.165, 1.54) is 65.2 Å². The first-order chi connectivity index (χ1) is 31.3. The first kappa shape index (κ1) is 34.1. The molecule has 14 aromatic rings. The molecular weight excluding hydrogens is 769 g/mol. The van der Waals surface area contributed by atoms with E-state index in [4.69, 9.17) is 15.0 Å². The molecule has 6 nitrogen and oxygen atoms in total. The van der Waals surface area contributed by atoms with Gasteiger partial charge >= 0.3 is 0 Å². The van der Waals surface area contributed by atoms with Gasteiger partial charge in [0.1, 0.15) is 0 Å². The first-order valence-corrected chi connectivity index (χ1v) is 21.4. The van der Waals surface area contributed by atoms with Crippen molar-refractivity contribution in [3.05, 3.63) is 206 Å². The quantitative estimate of drug-likeness (QED) is 0.178. The van der Waals surface area contributed by atoms with Crippen molar-refractivity contribution >= 4 is 87.2 Å². The van der Waals surface area contributed by atoms with E-state index >= 15 is 0 Å². The van der Waals surface area contributed by atoms with E-state index in [0.717, 1.165) is 44.4 Å². The average Bonchev–Trinajstić information content (AvgIpc) is 3.99. The molecule has 9 aromatic carbocycles. The number of rotatable bonds is 4. The highest BCUT2D eigenvalue weighted by Gasteiger charge is 2.22. The number of hydrogen-bond donors (Lipinski definition) is 0. The van der Waals surface area contributed by atoms with Crippen molar-refractivity contribution in [2.24, 2.45) is 0 Å². The van der Waals surface area contributed by atoms with E-state index < -0.39 is 0 Å². The maximum atomic E-state index is 5.11. The van der Waals surface area contributed by atoms with Gasteiger partial charge in [-0.1, -0.05) is 164 Å². The van der Waals surface area contributed by atoms with Crippen molar-refractivity contribution in [3.63, 3.8) is 0 Å². The van der Waals surface area contributed by atoms with Crippen LogP contribution >= 0.6 is 0 Å². The summed E-state index contributed by atoms with van der Waals surface area (Å²) in [6.45, 7) is 0. The molecule has 14 rings (SSSR count). The van der Waals surface area contributed by atoms with Gasteiger partial charge in [-0.3, -0.25) is 0 Å². The van der Waals surface area contributed by atoms with E-state index in [9.17, 15) is 0 Å². The first-order valence-electron chi connectivity index (χ1n) is 21.4. The second-order valence-electron chi connectivity index (χ2n) is 16.4. The predicted molar refractivity (Wildman–Crippen MR) is 260 cm³/mol. The molecule has 0 atom stereocenters. The van der Waals surface area contributed by atoms with Gasteiger partial charge in [0, 0.05) is 65.5 Å². The zero-order valence-electron chi connectivity index (χ0n) is 33.8. The van der Waals surface area contributed by atoms with Crippen LogP contribution in [0.25, 0.3) is 127 Å². The third-order valence-electron chi connectivity index (χ3n) is 13.0. The number of nitrogens with zero attached hydrogens (tertiary/aromatic N) is 6. The van der Waals surface area contributed by atoms with E-state index in [2.05, 4.69) is 159 Å². The van der Waals surface area contributed by atoms with Gasteiger partial charge in [0.05, 0.1) is 44.1 Å². The largest absolute Gasteiger partial charge is 0.309 e. The number of aromatic nitrogens is 6. The highest BCUT2D eigenvalue weighted by molar-refractivity contribution is 6.26. The minimum atomic E-state index is 0.621. The molecule has 0 spiro atoms. The number of hydrogen-bond acceptors (Lipinski definition) is 3. The molecule has 0 N–H and O–H groups in total. The van der Waals surface area contributed by atoms with Gasteiger partial charge in [-0.25, -0.2) is 15.0 Å². The number of benzene rings is 9. The van der Waals surface area contributed by atoms with E-state index in [1.807, 2.05) is 60.7 Å². The Morgan fingerprint density at radius 3 is 1.21 bits per heavy atom. The Bertz CT molecular complexity index is 4140. The third-order valence-corrected chi connectivity index (χ3v) is 13.0. The van der Waals surface area contributed by atoms with E-state index in [0.29, 0.717) is 17.5 Å². The van der Waals surface area contributed by atoms with Crippen LogP contribution in [0.5, 0.6) is 0 Å². The minimum Gasteiger partial charge on any atom is -0.309 e. The summed E-state index contributed by atoms with van der Waals surface area (Å²) in [5, 5.41) is 9.78. The van der Waals surface area contributed by atoms with E-state index in [-0.39, 0.29) is 0 Å². The molecule has 5 aromatic heterocycles. The molecule has 0 saturated heterocycles. The summed E-state index contributed by atoms with van der Waals surface area (Å²) in [7, 11) is 0. The van der Waals surface area contributed by atoms with Crippen LogP contribution in [-0.2, 0) is 0 Å². The summed E-state index contributed by atoms with van der Waals surface area (Å²) in [6.07, 6.45) is 0. The van der Waals surface area contributed by atoms with Crippen molar-refractivity contribution in [2.45, 2.75) is 0 Å². The lowest BCUT2D eigenvalue weighted by atomic mass is 10.0. The predicted octanol–water partition coefficient (Wildman–Crippen LogP) is 14.2. The lowest BCUT2D eigenvalue weighted by Crippen LogP contribution is -2.01. The highest BCUT2D eigenvalue weighted by Crippen LogP contribution is 2.43. The molecule has 0 bridgehead atoms. The standard InChI is InChI=1S/C57H34N6/c1-3-16-35(17-4-1)55-58-56(36-18-5-2-6-19-36)60-57(59-55)37-20-13-21-38(32-37)61-47-29-10-9-24-41(47)46-33-51-52(34-50(46)61)63-49-31-12-8-23-40(49)43-26-15-28-45(54(43)63)44-27-14-25-42-39-22-7-11-30-48(39)62(51)53(42)44/h1-34H. The van der Waals surface area contributed by atoms with Crippen LogP contribution in [-0.4, -0.2) is 28.3 Å². The SMILES string of the molecule is c1ccc(-c2nc(-c3ccccc3)nc(-c3cccc(-n4c5ccccc5c5cc6c(cc54)n4c5ccccc5c5cccc(c7cccc8c9ccccc9n6c87)c54)c3)n2)cc1. The molecule has 0 amide bonds. The zero-order chi connectivity index (χ0) is 41.2. The molecule has 292 valence electrons. The Morgan fingerprint density at radius 2 is 0.651 bits per heavy atom. The zero-order valence-corrected chi connectivity index (χ0v) is 33.8. The second-order valence-corrected chi connectivity index (χ2v) is 16.4. The van der Waals surface area contributed by atoms with Crippen molar-refractivity contribution < 1.29 is 0 Å². The van der Waals surface area contributed by atoms with Crippen molar-refractivity contribution in [1.82, 2.24) is 28.3 Å². The van der Waals surface area contributed by atoms with Crippen LogP contribution in [0, 0.1) is 0 Å². The maximum Gasteiger partial charge on any atom is 0.164 e. The van der Waals surface area contributed by atoms with Crippen molar-refractivity contribution in [2.75, 3.05) is 0 Å². The van der Waals surface area contributed by atoms with E-state index in [1.54, 1.807) is 0 Å². The molecule has 6 heteroatoms. The lowest BCUT2D eigenvalue weighted by Gasteiger charge is -2.13. The molecule has 0 radical (unpaired) electrons. The van der Waals surface area contributed by atoms with Crippen LogP contribution < -0.4 is 0 Å². The molecule has 0 aliphatic heterocycles. The molecular formula is C57H34N6. The molecule has 0 saturated carbocycles. The summed E-state index contributed by atoms with van der Waals surface area (Å²) < 4.78 is 7.45. The van der Waals surface area contributed by atoms with Crippen LogP contribution in [0.2, 0.25) is 0 Å². The van der Waals surface area contributed by atoms with Gasteiger partial charge in [-0.15, -0.1) is 0 Å². The topological polar surface area (TPSA) is 52.4 Å². The number of fused-ring (bicyclic) bond motifs is 13.